The maximum Gasteiger partial charge on any atom is 0.320 e. The number of hydrogen-bond acceptors (Lipinski definition) is 3. The fraction of sp³-hybridized carbons (Fsp3) is 0.632. The van der Waals surface area contributed by atoms with Crippen LogP contribution in [0.2, 0.25) is 0 Å². The summed E-state index contributed by atoms with van der Waals surface area (Å²) in [7, 11) is 1.65. The lowest BCUT2D eigenvalue weighted by Gasteiger charge is -2.38. The Bertz CT molecular complexity index is 523. The first-order valence-corrected chi connectivity index (χ1v) is 8.95. The van der Waals surface area contributed by atoms with E-state index in [9.17, 15) is 9.90 Å². The Morgan fingerprint density at radius 2 is 1.88 bits per heavy atom. The summed E-state index contributed by atoms with van der Waals surface area (Å²) in [6.07, 6.45) is 3.04. The number of methoxy groups -OCH3 is 1. The van der Waals surface area contributed by atoms with Crippen molar-refractivity contribution in [2.45, 2.75) is 58.2 Å². The number of nitrogens with zero attached hydrogens (tertiary/aromatic N) is 2. The summed E-state index contributed by atoms with van der Waals surface area (Å²) in [5.74, 6) is 0.807. The highest BCUT2D eigenvalue weighted by atomic mass is 16.5. The molecule has 5 nitrogen and oxygen atoms in total. The minimum atomic E-state index is -0.219. The Morgan fingerprint density at radius 1 is 1.21 bits per heavy atom. The monoisotopic (exact) mass is 334 g/mol. The second kappa shape index (κ2) is 8.92. The minimum absolute atomic E-state index is 0.0872. The van der Waals surface area contributed by atoms with Gasteiger partial charge in [0.25, 0.3) is 0 Å². The molecule has 1 aliphatic rings. The Balaban J connectivity index is 2.19. The zero-order valence-corrected chi connectivity index (χ0v) is 15.1. The van der Waals surface area contributed by atoms with Crippen LogP contribution < -0.4 is 4.74 Å². The third-order valence-corrected chi connectivity index (χ3v) is 4.87. The third kappa shape index (κ3) is 4.63. The lowest BCUT2D eigenvalue weighted by Crippen LogP contribution is -2.49. The molecule has 0 atom stereocenters. The van der Waals surface area contributed by atoms with Crippen LogP contribution in [0.1, 0.15) is 45.1 Å². The van der Waals surface area contributed by atoms with Gasteiger partial charge in [0.2, 0.25) is 0 Å². The molecule has 2 rings (SSSR count). The summed E-state index contributed by atoms with van der Waals surface area (Å²) in [6.45, 7) is 6.01. The van der Waals surface area contributed by atoms with Gasteiger partial charge >= 0.3 is 6.03 Å². The Morgan fingerprint density at radius 3 is 2.46 bits per heavy atom. The molecule has 2 amide bonds. The average molecular weight is 334 g/mol. The normalized spacial score (nSPS) is 20.5. The van der Waals surface area contributed by atoms with Crippen molar-refractivity contribution in [2.75, 3.05) is 20.2 Å². The van der Waals surface area contributed by atoms with E-state index < -0.39 is 0 Å². The Kier molecular flexibility index (Phi) is 6.91. The number of benzene rings is 1. The molecule has 0 bridgehead atoms. The lowest BCUT2D eigenvalue weighted by atomic mass is 9.92. The summed E-state index contributed by atoms with van der Waals surface area (Å²) in [5, 5.41) is 9.78. The molecule has 0 radical (unpaired) electrons. The van der Waals surface area contributed by atoms with E-state index in [2.05, 4.69) is 0 Å². The van der Waals surface area contributed by atoms with Gasteiger partial charge in [-0.1, -0.05) is 12.1 Å². The number of urea groups is 1. The van der Waals surface area contributed by atoms with Gasteiger partial charge in [-0.15, -0.1) is 0 Å². The summed E-state index contributed by atoms with van der Waals surface area (Å²) in [6, 6.07) is 8.16. The Hall–Kier alpha value is -1.75. The number of amides is 2. The van der Waals surface area contributed by atoms with Crippen molar-refractivity contribution >= 4 is 6.03 Å². The van der Waals surface area contributed by atoms with Gasteiger partial charge in [0.1, 0.15) is 5.75 Å². The van der Waals surface area contributed by atoms with E-state index in [1.54, 1.807) is 7.11 Å². The molecule has 0 heterocycles. The largest absolute Gasteiger partial charge is 0.497 e. The van der Waals surface area contributed by atoms with Gasteiger partial charge in [0.15, 0.2) is 0 Å². The highest BCUT2D eigenvalue weighted by Crippen LogP contribution is 2.26. The van der Waals surface area contributed by atoms with Crippen LogP contribution in [-0.4, -0.2) is 53.3 Å². The van der Waals surface area contributed by atoms with Crippen LogP contribution in [0.15, 0.2) is 24.3 Å². The van der Waals surface area contributed by atoms with Crippen molar-refractivity contribution in [3.05, 3.63) is 29.8 Å². The molecular formula is C19H30N2O3. The quantitative estimate of drug-likeness (QED) is 0.869. The highest BCUT2D eigenvalue weighted by molar-refractivity contribution is 5.74. The first-order chi connectivity index (χ1) is 11.6. The highest BCUT2D eigenvalue weighted by Gasteiger charge is 2.30. The van der Waals surface area contributed by atoms with Gasteiger partial charge in [0.05, 0.1) is 13.2 Å². The number of hydrogen-bond donors (Lipinski definition) is 1. The fourth-order valence-electron chi connectivity index (χ4n) is 3.37. The van der Waals surface area contributed by atoms with Gasteiger partial charge in [0, 0.05) is 25.7 Å². The molecule has 1 saturated carbocycles. The smallest absolute Gasteiger partial charge is 0.320 e. The molecule has 0 unspecified atom stereocenters. The van der Waals surface area contributed by atoms with Gasteiger partial charge in [-0.2, -0.15) is 0 Å². The molecule has 134 valence electrons. The first kappa shape index (κ1) is 18.6. The van der Waals surface area contributed by atoms with Crippen LogP contribution in [0.5, 0.6) is 5.75 Å². The molecule has 0 aromatic heterocycles. The second-order valence-electron chi connectivity index (χ2n) is 6.40. The summed E-state index contributed by atoms with van der Waals surface area (Å²) < 4.78 is 5.30. The molecule has 1 aromatic rings. The van der Waals surface area contributed by atoms with E-state index in [-0.39, 0.29) is 18.2 Å². The second-order valence-corrected chi connectivity index (χ2v) is 6.40. The number of carbonyl (C=O) groups excluding carboxylic acids is 1. The average Bonchev–Trinajstić information content (AvgIpc) is 2.61. The van der Waals surface area contributed by atoms with Crippen LogP contribution in [0.4, 0.5) is 4.79 Å². The first-order valence-electron chi connectivity index (χ1n) is 8.95. The van der Waals surface area contributed by atoms with Crippen molar-refractivity contribution in [3.63, 3.8) is 0 Å². The van der Waals surface area contributed by atoms with Gasteiger partial charge in [-0.3, -0.25) is 0 Å². The molecule has 1 N–H and O–H groups in total. The zero-order valence-electron chi connectivity index (χ0n) is 15.1. The Labute approximate surface area is 145 Å². The van der Waals surface area contributed by atoms with Crippen LogP contribution in [0.25, 0.3) is 0 Å². The van der Waals surface area contributed by atoms with Crippen molar-refractivity contribution in [1.29, 1.82) is 0 Å². The van der Waals surface area contributed by atoms with Crippen molar-refractivity contribution in [1.82, 2.24) is 9.80 Å². The SMILES string of the molecule is CCN(CC)C(=O)N(Cc1cccc(OC)c1)C1CCC(O)CC1. The van der Waals surface area contributed by atoms with Crippen molar-refractivity contribution in [2.24, 2.45) is 0 Å². The molecule has 0 saturated heterocycles. The van der Waals surface area contributed by atoms with E-state index in [4.69, 9.17) is 4.74 Å². The zero-order chi connectivity index (χ0) is 17.5. The predicted molar refractivity (Wildman–Crippen MR) is 95.1 cm³/mol. The molecule has 1 aliphatic carbocycles. The predicted octanol–water partition coefficient (Wildman–Crippen LogP) is 3.26. The van der Waals surface area contributed by atoms with Crippen molar-refractivity contribution < 1.29 is 14.6 Å². The third-order valence-electron chi connectivity index (χ3n) is 4.87. The van der Waals surface area contributed by atoms with Gasteiger partial charge in [-0.05, 0) is 57.2 Å². The van der Waals surface area contributed by atoms with Gasteiger partial charge in [-0.25, -0.2) is 4.79 Å². The van der Waals surface area contributed by atoms with Crippen LogP contribution in [-0.2, 0) is 6.54 Å². The summed E-state index contributed by atoms with van der Waals surface area (Å²) in [5.41, 5.74) is 1.07. The molecule has 0 aliphatic heterocycles. The number of carbonyl (C=O) groups is 1. The lowest BCUT2D eigenvalue weighted by molar-refractivity contribution is 0.0715. The van der Waals surface area contributed by atoms with E-state index in [1.165, 1.54) is 0 Å². The molecular weight excluding hydrogens is 304 g/mol. The van der Waals surface area contributed by atoms with E-state index in [0.717, 1.165) is 37.0 Å². The number of rotatable bonds is 6. The summed E-state index contributed by atoms with van der Waals surface area (Å²) in [4.78, 5) is 16.8. The van der Waals surface area contributed by atoms with E-state index >= 15 is 0 Å². The van der Waals surface area contributed by atoms with Crippen molar-refractivity contribution in [3.8, 4) is 5.75 Å². The fourth-order valence-corrected chi connectivity index (χ4v) is 3.37. The topological polar surface area (TPSA) is 53.0 Å². The van der Waals surface area contributed by atoms with Crippen LogP contribution in [0.3, 0.4) is 0 Å². The molecule has 1 fully saturated rings. The molecule has 0 spiro atoms. The number of aliphatic hydroxyl groups is 1. The van der Waals surface area contributed by atoms with Crippen LogP contribution >= 0.6 is 0 Å². The van der Waals surface area contributed by atoms with E-state index in [1.807, 2.05) is 47.9 Å². The van der Waals surface area contributed by atoms with Gasteiger partial charge < -0.3 is 19.6 Å². The minimum Gasteiger partial charge on any atom is -0.497 e. The number of ether oxygens (including phenoxy) is 1. The maximum absolute atomic E-state index is 13.0. The molecule has 5 heteroatoms. The summed E-state index contributed by atoms with van der Waals surface area (Å²) >= 11 is 0. The van der Waals surface area contributed by atoms with E-state index in [0.29, 0.717) is 19.6 Å². The molecule has 1 aromatic carbocycles. The van der Waals surface area contributed by atoms with Crippen LogP contribution in [0, 0.1) is 0 Å². The standard InChI is InChI=1S/C19H30N2O3/c1-4-20(5-2)19(23)21(16-9-11-17(22)12-10-16)14-15-7-6-8-18(13-15)24-3/h6-8,13,16-17,22H,4-5,9-12,14H2,1-3H3. The maximum atomic E-state index is 13.0. The number of aliphatic hydroxyl groups excluding tert-OH is 1. The molecule has 24 heavy (non-hydrogen) atoms.